The second kappa shape index (κ2) is 6.29. The molecule has 3 nitrogen and oxygen atoms in total. The van der Waals surface area contributed by atoms with Crippen molar-refractivity contribution < 1.29 is 9.15 Å². The Labute approximate surface area is 127 Å². The first kappa shape index (κ1) is 14.1. The molecule has 108 valence electrons. The predicted octanol–water partition coefficient (Wildman–Crippen LogP) is 4.27. The molecule has 2 unspecified atom stereocenters. The van der Waals surface area contributed by atoms with Gasteiger partial charge in [0.15, 0.2) is 0 Å². The first-order valence-electron chi connectivity index (χ1n) is 7.28. The van der Waals surface area contributed by atoms with Gasteiger partial charge in [0, 0.05) is 17.9 Å². The molecular weight excluding hydrogens is 318 g/mol. The van der Waals surface area contributed by atoms with E-state index in [0.717, 1.165) is 47.4 Å². The van der Waals surface area contributed by atoms with Crippen LogP contribution in [0, 0.1) is 5.92 Å². The van der Waals surface area contributed by atoms with E-state index in [1.54, 1.807) is 0 Å². The summed E-state index contributed by atoms with van der Waals surface area (Å²) in [7, 11) is 0. The average molecular weight is 338 g/mol. The van der Waals surface area contributed by atoms with Gasteiger partial charge in [-0.25, -0.2) is 0 Å². The van der Waals surface area contributed by atoms with Gasteiger partial charge in [-0.3, -0.25) is 0 Å². The Morgan fingerprint density at radius 2 is 2.35 bits per heavy atom. The largest absolute Gasteiger partial charge is 0.458 e. The number of hydrogen-bond acceptors (Lipinski definition) is 3. The maximum absolute atomic E-state index is 6.10. The quantitative estimate of drug-likeness (QED) is 0.904. The van der Waals surface area contributed by atoms with Gasteiger partial charge in [-0.05, 0) is 47.4 Å². The van der Waals surface area contributed by atoms with Crippen molar-refractivity contribution in [3.8, 4) is 0 Å². The van der Waals surface area contributed by atoms with Crippen LogP contribution in [0.3, 0.4) is 0 Å². The lowest BCUT2D eigenvalue weighted by Crippen LogP contribution is -2.33. The number of furan rings is 1. The third-order valence-electron chi connectivity index (χ3n) is 3.91. The fourth-order valence-corrected chi connectivity index (χ4v) is 3.41. The van der Waals surface area contributed by atoms with Crippen molar-refractivity contribution in [3.05, 3.63) is 34.5 Å². The van der Waals surface area contributed by atoms with Gasteiger partial charge in [0.2, 0.25) is 0 Å². The zero-order chi connectivity index (χ0) is 13.9. The number of hydrogen-bond donors (Lipinski definition) is 1. The normalized spacial score (nSPS) is 21.2. The Morgan fingerprint density at radius 1 is 1.45 bits per heavy atom. The summed E-state index contributed by atoms with van der Waals surface area (Å²) in [5, 5.41) is 4.71. The molecule has 0 amide bonds. The zero-order valence-corrected chi connectivity index (χ0v) is 13.3. The molecule has 0 spiro atoms. The van der Waals surface area contributed by atoms with Crippen LogP contribution >= 0.6 is 15.9 Å². The van der Waals surface area contributed by atoms with Gasteiger partial charge >= 0.3 is 0 Å². The summed E-state index contributed by atoms with van der Waals surface area (Å²) in [5.74, 6) is 1.51. The van der Waals surface area contributed by atoms with Crippen LogP contribution in [-0.2, 0) is 4.74 Å². The van der Waals surface area contributed by atoms with E-state index in [4.69, 9.17) is 9.15 Å². The second-order valence-electron chi connectivity index (χ2n) is 5.32. The first-order chi connectivity index (χ1) is 9.79. The summed E-state index contributed by atoms with van der Waals surface area (Å²) in [5.41, 5.74) is 0.933. The van der Waals surface area contributed by atoms with Crippen LogP contribution in [0.25, 0.3) is 11.0 Å². The van der Waals surface area contributed by atoms with Gasteiger partial charge < -0.3 is 14.5 Å². The van der Waals surface area contributed by atoms with E-state index < -0.39 is 0 Å². The Morgan fingerprint density at radius 3 is 3.05 bits per heavy atom. The molecule has 2 aromatic rings. The smallest absolute Gasteiger partial charge is 0.148 e. The topological polar surface area (TPSA) is 34.4 Å². The molecule has 0 radical (unpaired) electrons. The molecule has 3 rings (SSSR count). The number of halogens is 1. The molecule has 1 saturated heterocycles. The maximum Gasteiger partial charge on any atom is 0.148 e. The molecule has 0 saturated carbocycles. The number of benzene rings is 1. The predicted molar refractivity (Wildman–Crippen MR) is 83.9 cm³/mol. The molecule has 0 aliphatic carbocycles. The second-order valence-corrected chi connectivity index (χ2v) is 6.17. The summed E-state index contributed by atoms with van der Waals surface area (Å²) < 4.78 is 12.8. The standard InChI is InChI=1S/C16H20BrNO2/c1-2-18-15(12-6-4-8-19-10-12)14-9-11-5-3-7-13(17)16(11)20-14/h3,5,7,9,12,15,18H,2,4,6,8,10H2,1H3. The highest BCUT2D eigenvalue weighted by molar-refractivity contribution is 9.10. The van der Waals surface area contributed by atoms with E-state index in [9.17, 15) is 0 Å². The van der Waals surface area contributed by atoms with Crippen LogP contribution in [0.15, 0.2) is 33.2 Å². The molecule has 1 fully saturated rings. The van der Waals surface area contributed by atoms with Gasteiger partial charge in [0.05, 0.1) is 17.1 Å². The summed E-state index contributed by atoms with van der Waals surface area (Å²) in [6.07, 6.45) is 2.33. The highest BCUT2D eigenvalue weighted by Gasteiger charge is 2.27. The van der Waals surface area contributed by atoms with Crippen molar-refractivity contribution in [1.82, 2.24) is 5.32 Å². The third kappa shape index (κ3) is 2.78. The van der Waals surface area contributed by atoms with Crippen molar-refractivity contribution >= 4 is 26.9 Å². The van der Waals surface area contributed by atoms with E-state index in [-0.39, 0.29) is 6.04 Å². The fourth-order valence-electron chi connectivity index (χ4n) is 2.95. The molecular formula is C16H20BrNO2. The van der Waals surface area contributed by atoms with Crippen LogP contribution < -0.4 is 5.32 Å². The van der Waals surface area contributed by atoms with Crippen LogP contribution in [0.4, 0.5) is 0 Å². The highest BCUT2D eigenvalue weighted by Crippen LogP contribution is 2.34. The van der Waals surface area contributed by atoms with Gasteiger partial charge in [-0.15, -0.1) is 0 Å². The number of ether oxygens (including phenoxy) is 1. The maximum atomic E-state index is 6.10. The van der Waals surface area contributed by atoms with Gasteiger partial charge in [0.1, 0.15) is 11.3 Å². The van der Waals surface area contributed by atoms with Crippen LogP contribution in [0.5, 0.6) is 0 Å². The Hall–Kier alpha value is -0.840. The fraction of sp³-hybridized carbons (Fsp3) is 0.500. The minimum atomic E-state index is 0.236. The highest BCUT2D eigenvalue weighted by atomic mass is 79.9. The molecule has 0 bridgehead atoms. The lowest BCUT2D eigenvalue weighted by atomic mass is 9.92. The molecule has 1 aliphatic rings. The molecule has 2 heterocycles. The van der Waals surface area contributed by atoms with Crippen molar-refractivity contribution in [2.45, 2.75) is 25.8 Å². The molecule has 1 aromatic carbocycles. The van der Waals surface area contributed by atoms with Crippen molar-refractivity contribution in [3.63, 3.8) is 0 Å². The minimum absolute atomic E-state index is 0.236. The molecule has 1 aromatic heterocycles. The molecule has 2 atom stereocenters. The van der Waals surface area contributed by atoms with Crippen LogP contribution in [0.2, 0.25) is 0 Å². The van der Waals surface area contributed by atoms with Crippen LogP contribution in [-0.4, -0.2) is 19.8 Å². The van der Waals surface area contributed by atoms with Gasteiger partial charge in [-0.1, -0.05) is 19.1 Å². The molecule has 1 aliphatic heterocycles. The van der Waals surface area contributed by atoms with E-state index in [1.807, 2.05) is 12.1 Å². The number of para-hydroxylation sites is 1. The third-order valence-corrected chi connectivity index (χ3v) is 4.54. The van der Waals surface area contributed by atoms with Crippen molar-refractivity contribution in [2.75, 3.05) is 19.8 Å². The zero-order valence-electron chi connectivity index (χ0n) is 11.7. The lowest BCUT2D eigenvalue weighted by molar-refractivity contribution is 0.0361. The minimum Gasteiger partial charge on any atom is -0.458 e. The van der Waals surface area contributed by atoms with Crippen LogP contribution in [0.1, 0.15) is 31.6 Å². The van der Waals surface area contributed by atoms with Gasteiger partial charge in [-0.2, -0.15) is 0 Å². The van der Waals surface area contributed by atoms with E-state index in [1.165, 1.54) is 6.42 Å². The summed E-state index contributed by atoms with van der Waals surface area (Å²) in [6, 6.07) is 8.54. The molecule has 1 N–H and O–H groups in total. The summed E-state index contributed by atoms with van der Waals surface area (Å²) in [4.78, 5) is 0. The van der Waals surface area contributed by atoms with Gasteiger partial charge in [0.25, 0.3) is 0 Å². The van der Waals surface area contributed by atoms with Crippen molar-refractivity contribution in [1.29, 1.82) is 0 Å². The Kier molecular flexibility index (Phi) is 4.44. The summed E-state index contributed by atoms with van der Waals surface area (Å²) >= 11 is 3.56. The van der Waals surface area contributed by atoms with Crippen molar-refractivity contribution in [2.24, 2.45) is 5.92 Å². The SMILES string of the molecule is CCNC(c1cc2cccc(Br)c2o1)C1CCCOC1. The molecule has 20 heavy (non-hydrogen) atoms. The van der Waals surface area contributed by atoms with E-state index in [0.29, 0.717) is 5.92 Å². The number of nitrogens with one attached hydrogen (secondary N) is 1. The van der Waals surface area contributed by atoms with E-state index in [2.05, 4.69) is 40.3 Å². The number of rotatable bonds is 4. The first-order valence-corrected chi connectivity index (χ1v) is 8.08. The average Bonchev–Trinajstić information content (AvgIpc) is 2.91. The number of fused-ring (bicyclic) bond motifs is 1. The molecule has 4 heteroatoms. The Balaban J connectivity index is 1.93. The lowest BCUT2D eigenvalue weighted by Gasteiger charge is -2.29. The monoisotopic (exact) mass is 337 g/mol. The Bertz CT molecular complexity index is 575. The van der Waals surface area contributed by atoms with E-state index >= 15 is 0 Å². The summed E-state index contributed by atoms with van der Waals surface area (Å²) in [6.45, 7) is 4.77.